The summed E-state index contributed by atoms with van der Waals surface area (Å²) in [5.41, 5.74) is 2.97. The van der Waals surface area contributed by atoms with E-state index in [4.69, 9.17) is 4.74 Å². The molecule has 0 unspecified atom stereocenters. The fourth-order valence-corrected chi connectivity index (χ4v) is 4.42. The first kappa shape index (κ1) is 23.6. The van der Waals surface area contributed by atoms with Gasteiger partial charge in [-0.25, -0.2) is 9.67 Å². The van der Waals surface area contributed by atoms with Crippen molar-refractivity contribution in [2.75, 3.05) is 19.0 Å². The molecular formula is C27H28N6O3. The lowest BCUT2D eigenvalue weighted by Crippen LogP contribution is -2.33. The minimum Gasteiger partial charge on any atom is -0.378 e. The number of carbonyl (C=O) groups excluding carboxylic acids is 2. The molecule has 1 aliphatic rings. The highest BCUT2D eigenvalue weighted by Gasteiger charge is 2.21. The van der Waals surface area contributed by atoms with E-state index in [9.17, 15) is 9.59 Å². The number of nitrogens with one attached hydrogen (secondary N) is 2. The molecule has 0 aliphatic heterocycles. The van der Waals surface area contributed by atoms with Gasteiger partial charge in [-0.1, -0.05) is 42.0 Å². The van der Waals surface area contributed by atoms with Gasteiger partial charge in [-0.15, -0.1) is 5.10 Å². The first-order valence-electron chi connectivity index (χ1n) is 12.1. The van der Waals surface area contributed by atoms with Gasteiger partial charge in [-0.3, -0.25) is 9.59 Å². The number of nitrogens with zero attached hydrogens (tertiary/aromatic N) is 4. The van der Waals surface area contributed by atoms with E-state index < -0.39 is 0 Å². The summed E-state index contributed by atoms with van der Waals surface area (Å²) in [7, 11) is 1.63. The minimum atomic E-state index is -0.306. The second kappa shape index (κ2) is 10.7. The third-order valence-corrected chi connectivity index (χ3v) is 6.62. The van der Waals surface area contributed by atoms with Crippen molar-refractivity contribution < 1.29 is 14.3 Å². The minimum absolute atomic E-state index is 0.211. The third-order valence-electron chi connectivity index (χ3n) is 6.62. The molecule has 184 valence electrons. The van der Waals surface area contributed by atoms with E-state index in [0.29, 0.717) is 36.9 Å². The highest BCUT2D eigenvalue weighted by molar-refractivity contribution is 6.15. The summed E-state index contributed by atoms with van der Waals surface area (Å²) < 4.78 is 7.02. The molecule has 36 heavy (non-hydrogen) atoms. The zero-order valence-electron chi connectivity index (χ0n) is 20.1. The summed E-state index contributed by atoms with van der Waals surface area (Å²) >= 11 is 0. The van der Waals surface area contributed by atoms with Crippen LogP contribution in [0, 0.1) is 5.92 Å². The molecule has 1 fully saturated rings. The molecule has 0 atom stereocenters. The molecule has 2 aromatic carbocycles. The molecule has 1 aliphatic carbocycles. The lowest BCUT2D eigenvalue weighted by Gasteiger charge is -2.25. The summed E-state index contributed by atoms with van der Waals surface area (Å²) in [6.07, 6.45) is 6.73. The number of hydrogen-bond donors (Lipinski definition) is 2. The van der Waals surface area contributed by atoms with E-state index in [1.807, 2.05) is 30.3 Å². The van der Waals surface area contributed by atoms with Gasteiger partial charge in [-0.2, -0.15) is 0 Å². The van der Waals surface area contributed by atoms with Gasteiger partial charge in [-0.05, 0) is 53.3 Å². The number of rotatable bonds is 9. The van der Waals surface area contributed by atoms with Crippen LogP contribution in [-0.2, 0) is 17.9 Å². The molecule has 2 N–H and O–H groups in total. The van der Waals surface area contributed by atoms with Crippen LogP contribution in [0.15, 0.2) is 60.9 Å². The van der Waals surface area contributed by atoms with Gasteiger partial charge in [0, 0.05) is 25.4 Å². The maximum Gasteiger partial charge on any atom is 0.272 e. The fourth-order valence-electron chi connectivity index (χ4n) is 4.42. The molecule has 2 heterocycles. The monoisotopic (exact) mass is 484 g/mol. The Balaban J connectivity index is 1.39. The number of hydrogen-bond acceptors (Lipinski definition) is 6. The molecule has 2 amide bonds. The summed E-state index contributed by atoms with van der Waals surface area (Å²) in [6, 6.07) is 14.9. The molecule has 2 aromatic heterocycles. The quantitative estimate of drug-likeness (QED) is 0.374. The average Bonchev–Trinajstić information content (AvgIpc) is 3.30. The van der Waals surface area contributed by atoms with E-state index in [1.165, 1.54) is 6.42 Å². The van der Waals surface area contributed by atoms with Crippen LogP contribution in [0.25, 0.3) is 10.8 Å². The zero-order valence-corrected chi connectivity index (χ0v) is 20.1. The second-order valence-corrected chi connectivity index (χ2v) is 8.99. The Bertz CT molecular complexity index is 1400. The Morgan fingerprint density at radius 3 is 2.67 bits per heavy atom. The summed E-state index contributed by atoms with van der Waals surface area (Å²) in [5, 5.41) is 15.8. The standard InChI is InChI=1S/C27H28N6O3/c1-36-17-20-15-30-32-33(20)16-19-11-12-23(22-9-3-2-8-21(19)22)26(34)31-24-10-5-13-28-25(24)27(35)29-14-18-6-4-7-18/h2-3,5,8-13,15,18H,4,6-7,14,16-17H2,1H3,(H,29,35)(H,31,34). The predicted molar refractivity (Wildman–Crippen MR) is 136 cm³/mol. The van der Waals surface area contributed by atoms with E-state index in [1.54, 1.807) is 42.4 Å². The summed E-state index contributed by atoms with van der Waals surface area (Å²) in [4.78, 5) is 30.4. The number of fused-ring (bicyclic) bond motifs is 1. The predicted octanol–water partition coefficient (Wildman–Crippen LogP) is 3.80. The van der Waals surface area contributed by atoms with Crippen LogP contribution in [0.1, 0.15) is 51.4 Å². The largest absolute Gasteiger partial charge is 0.378 e. The van der Waals surface area contributed by atoms with E-state index >= 15 is 0 Å². The maximum absolute atomic E-state index is 13.4. The molecule has 4 aromatic rings. The number of ether oxygens (including phenoxy) is 1. The van der Waals surface area contributed by atoms with Crippen LogP contribution in [-0.4, -0.2) is 45.4 Å². The van der Waals surface area contributed by atoms with E-state index in [-0.39, 0.29) is 17.5 Å². The van der Waals surface area contributed by atoms with Gasteiger partial charge in [0.25, 0.3) is 11.8 Å². The first-order chi connectivity index (χ1) is 17.6. The van der Waals surface area contributed by atoms with Crippen molar-refractivity contribution in [3.05, 3.63) is 83.4 Å². The van der Waals surface area contributed by atoms with Crippen molar-refractivity contribution in [2.24, 2.45) is 5.92 Å². The Labute approximate surface area is 208 Å². The van der Waals surface area contributed by atoms with Gasteiger partial charge >= 0.3 is 0 Å². The number of methoxy groups -OCH3 is 1. The molecule has 9 nitrogen and oxygen atoms in total. The maximum atomic E-state index is 13.4. The lowest BCUT2D eigenvalue weighted by molar-refractivity contribution is 0.0935. The molecule has 0 radical (unpaired) electrons. The van der Waals surface area contributed by atoms with Gasteiger partial charge in [0.2, 0.25) is 0 Å². The van der Waals surface area contributed by atoms with Crippen LogP contribution in [0.2, 0.25) is 0 Å². The topological polar surface area (TPSA) is 111 Å². The Morgan fingerprint density at radius 2 is 1.89 bits per heavy atom. The van der Waals surface area contributed by atoms with Crippen molar-refractivity contribution in [1.82, 2.24) is 25.3 Å². The molecule has 9 heteroatoms. The third kappa shape index (κ3) is 4.96. The molecule has 0 bridgehead atoms. The van der Waals surface area contributed by atoms with Crippen molar-refractivity contribution in [2.45, 2.75) is 32.4 Å². The summed E-state index contributed by atoms with van der Waals surface area (Å²) in [5.74, 6) is -0.0546. The normalized spacial score (nSPS) is 13.4. The van der Waals surface area contributed by atoms with Crippen LogP contribution in [0.5, 0.6) is 0 Å². The number of benzene rings is 2. The van der Waals surface area contributed by atoms with Crippen molar-refractivity contribution >= 4 is 28.3 Å². The van der Waals surface area contributed by atoms with Gasteiger partial charge in [0.05, 0.1) is 30.7 Å². The van der Waals surface area contributed by atoms with Gasteiger partial charge in [0.15, 0.2) is 5.69 Å². The van der Waals surface area contributed by atoms with Crippen LogP contribution in [0.4, 0.5) is 5.69 Å². The highest BCUT2D eigenvalue weighted by Crippen LogP contribution is 2.27. The number of anilines is 1. The van der Waals surface area contributed by atoms with E-state index in [0.717, 1.165) is 34.9 Å². The average molecular weight is 485 g/mol. The lowest BCUT2D eigenvalue weighted by atomic mass is 9.85. The molecule has 5 rings (SSSR count). The van der Waals surface area contributed by atoms with Crippen molar-refractivity contribution in [3.63, 3.8) is 0 Å². The SMILES string of the molecule is COCc1cnnn1Cc1ccc(C(=O)Nc2cccnc2C(=O)NCC2CCC2)c2ccccc12. The highest BCUT2D eigenvalue weighted by atomic mass is 16.5. The Kier molecular flexibility index (Phi) is 6.99. The van der Waals surface area contributed by atoms with Crippen LogP contribution < -0.4 is 10.6 Å². The Morgan fingerprint density at radius 1 is 1.06 bits per heavy atom. The molecular weight excluding hydrogens is 456 g/mol. The first-order valence-corrected chi connectivity index (χ1v) is 12.1. The van der Waals surface area contributed by atoms with Crippen molar-refractivity contribution in [1.29, 1.82) is 0 Å². The number of pyridine rings is 1. The van der Waals surface area contributed by atoms with Gasteiger partial charge < -0.3 is 15.4 Å². The van der Waals surface area contributed by atoms with Crippen LogP contribution in [0.3, 0.4) is 0 Å². The number of amides is 2. The molecule has 1 saturated carbocycles. The fraction of sp³-hybridized carbons (Fsp3) is 0.296. The Hall–Kier alpha value is -4.11. The zero-order chi connectivity index (χ0) is 24.9. The van der Waals surface area contributed by atoms with Crippen LogP contribution >= 0.6 is 0 Å². The molecule has 0 saturated heterocycles. The smallest absolute Gasteiger partial charge is 0.272 e. The summed E-state index contributed by atoms with van der Waals surface area (Å²) in [6.45, 7) is 1.54. The number of aromatic nitrogens is 4. The second-order valence-electron chi connectivity index (χ2n) is 8.99. The van der Waals surface area contributed by atoms with Crippen molar-refractivity contribution in [3.8, 4) is 0 Å². The molecule has 0 spiro atoms. The van der Waals surface area contributed by atoms with Gasteiger partial charge in [0.1, 0.15) is 0 Å². The van der Waals surface area contributed by atoms with E-state index in [2.05, 4.69) is 25.9 Å². The number of carbonyl (C=O) groups is 2.